The predicted octanol–water partition coefficient (Wildman–Crippen LogP) is 1.81. The monoisotopic (exact) mass is 212 g/mol. The van der Waals surface area contributed by atoms with Crippen LogP contribution in [0, 0.1) is 5.82 Å². The SMILES string of the molecule is CCNC(=S)NCc1ccccc1F. The third-order valence-electron chi connectivity index (χ3n) is 1.73. The maximum atomic E-state index is 13.1. The fourth-order valence-electron chi connectivity index (χ4n) is 1.04. The Morgan fingerprint density at radius 1 is 1.36 bits per heavy atom. The summed E-state index contributed by atoms with van der Waals surface area (Å²) in [7, 11) is 0. The normalized spacial score (nSPS) is 9.57. The van der Waals surface area contributed by atoms with Crippen LogP contribution >= 0.6 is 12.2 Å². The molecule has 0 aliphatic heterocycles. The first-order valence-electron chi connectivity index (χ1n) is 4.49. The van der Waals surface area contributed by atoms with Gasteiger partial charge >= 0.3 is 0 Å². The van der Waals surface area contributed by atoms with Crippen molar-refractivity contribution in [1.29, 1.82) is 0 Å². The summed E-state index contributed by atoms with van der Waals surface area (Å²) >= 11 is 4.95. The summed E-state index contributed by atoms with van der Waals surface area (Å²) in [6, 6.07) is 6.64. The van der Waals surface area contributed by atoms with E-state index in [2.05, 4.69) is 10.6 Å². The van der Waals surface area contributed by atoms with Crippen LogP contribution in [-0.4, -0.2) is 11.7 Å². The summed E-state index contributed by atoms with van der Waals surface area (Å²) in [6.07, 6.45) is 0. The van der Waals surface area contributed by atoms with Crippen molar-refractivity contribution in [3.63, 3.8) is 0 Å². The molecule has 2 nitrogen and oxygen atoms in total. The molecule has 0 spiro atoms. The summed E-state index contributed by atoms with van der Waals surface area (Å²) in [6.45, 7) is 3.14. The van der Waals surface area contributed by atoms with Gasteiger partial charge in [-0.1, -0.05) is 18.2 Å². The Hall–Kier alpha value is -1.16. The summed E-state index contributed by atoms with van der Waals surface area (Å²) in [4.78, 5) is 0. The highest BCUT2D eigenvalue weighted by molar-refractivity contribution is 7.80. The van der Waals surface area contributed by atoms with Crippen LogP contribution < -0.4 is 10.6 Å². The quantitative estimate of drug-likeness (QED) is 0.747. The van der Waals surface area contributed by atoms with E-state index >= 15 is 0 Å². The minimum Gasteiger partial charge on any atom is -0.363 e. The van der Waals surface area contributed by atoms with Crippen LogP contribution in [0.15, 0.2) is 24.3 Å². The lowest BCUT2D eigenvalue weighted by atomic mass is 10.2. The Morgan fingerprint density at radius 3 is 2.71 bits per heavy atom. The molecule has 0 aliphatic carbocycles. The van der Waals surface area contributed by atoms with E-state index in [1.165, 1.54) is 6.07 Å². The molecule has 0 amide bonds. The van der Waals surface area contributed by atoms with Gasteiger partial charge in [0.05, 0.1) is 0 Å². The zero-order valence-corrected chi connectivity index (χ0v) is 8.83. The molecular weight excluding hydrogens is 199 g/mol. The average Bonchev–Trinajstić information content (AvgIpc) is 2.17. The molecule has 76 valence electrons. The molecule has 4 heteroatoms. The van der Waals surface area contributed by atoms with Crippen molar-refractivity contribution in [2.75, 3.05) is 6.54 Å². The van der Waals surface area contributed by atoms with E-state index in [0.29, 0.717) is 17.2 Å². The number of benzene rings is 1. The summed E-state index contributed by atoms with van der Waals surface area (Å²) < 4.78 is 13.1. The van der Waals surface area contributed by atoms with E-state index in [9.17, 15) is 4.39 Å². The van der Waals surface area contributed by atoms with Crippen LogP contribution in [0.25, 0.3) is 0 Å². The third kappa shape index (κ3) is 3.30. The number of rotatable bonds is 3. The van der Waals surface area contributed by atoms with Crippen molar-refractivity contribution in [3.05, 3.63) is 35.6 Å². The number of nitrogens with one attached hydrogen (secondary N) is 2. The third-order valence-corrected chi connectivity index (χ3v) is 2.02. The van der Waals surface area contributed by atoms with Gasteiger partial charge in [0.1, 0.15) is 5.82 Å². The van der Waals surface area contributed by atoms with Gasteiger partial charge in [0.25, 0.3) is 0 Å². The molecule has 0 saturated heterocycles. The number of hydrogen-bond donors (Lipinski definition) is 2. The summed E-state index contributed by atoms with van der Waals surface area (Å²) in [5.74, 6) is -0.209. The molecule has 1 aromatic rings. The minimum atomic E-state index is -0.209. The van der Waals surface area contributed by atoms with Crippen molar-refractivity contribution < 1.29 is 4.39 Å². The highest BCUT2D eigenvalue weighted by Crippen LogP contribution is 2.04. The molecule has 1 aromatic carbocycles. The van der Waals surface area contributed by atoms with Gasteiger partial charge in [-0.2, -0.15) is 0 Å². The van der Waals surface area contributed by atoms with Crippen molar-refractivity contribution >= 4 is 17.3 Å². The van der Waals surface area contributed by atoms with Crippen molar-refractivity contribution in [2.45, 2.75) is 13.5 Å². The Balaban J connectivity index is 2.46. The molecule has 0 heterocycles. The zero-order valence-electron chi connectivity index (χ0n) is 8.01. The molecule has 2 N–H and O–H groups in total. The van der Waals surface area contributed by atoms with Crippen molar-refractivity contribution in [1.82, 2.24) is 10.6 Å². The van der Waals surface area contributed by atoms with E-state index in [4.69, 9.17) is 12.2 Å². The topological polar surface area (TPSA) is 24.1 Å². The first-order valence-corrected chi connectivity index (χ1v) is 4.90. The molecule has 0 aromatic heterocycles. The van der Waals surface area contributed by atoms with E-state index < -0.39 is 0 Å². The van der Waals surface area contributed by atoms with Gasteiger partial charge in [0.2, 0.25) is 0 Å². The molecule has 0 bridgehead atoms. The maximum absolute atomic E-state index is 13.1. The largest absolute Gasteiger partial charge is 0.363 e. The Kier molecular flexibility index (Phi) is 4.32. The summed E-state index contributed by atoms with van der Waals surface area (Å²) in [5.41, 5.74) is 0.618. The van der Waals surface area contributed by atoms with Crippen LogP contribution in [0.4, 0.5) is 4.39 Å². The molecule has 0 radical (unpaired) electrons. The molecule has 1 rings (SSSR count). The Bertz CT molecular complexity index is 315. The van der Waals surface area contributed by atoms with Gasteiger partial charge in [0.15, 0.2) is 5.11 Å². The van der Waals surface area contributed by atoms with Gasteiger partial charge in [0, 0.05) is 18.7 Å². The molecule has 0 aliphatic rings. The first kappa shape index (κ1) is 10.9. The molecule has 0 unspecified atom stereocenters. The Morgan fingerprint density at radius 2 is 2.07 bits per heavy atom. The fourth-order valence-corrected chi connectivity index (χ4v) is 1.26. The molecule has 0 saturated carbocycles. The molecular formula is C10H13FN2S. The number of hydrogen-bond acceptors (Lipinski definition) is 1. The van der Waals surface area contributed by atoms with Gasteiger partial charge in [-0.15, -0.1) is 0 Å². The predicted molar refractivity (Wildman–Crippen MR) is 59.5 cm³/mol. The number of thiocarbonyl (C=S) groups is 1. The second-order valence-electron chi connectivity index (χ2n) is 2.80. The van der Waals surface area contributed by atoms with Crippen LogP contribution in [0.1, 0.15) is 12.5 Å². The zero-order chi connectivity index (χ0) is 10.4. The van der Waals surface area contributed by atoms with Gasteiger partial charge < -0.3 is 10.6 Å². The van der Waals surface area contributed by atoms with E-state index in [1.54, 1.807) is 18.2 Å². The fraction of sp³-hybridized carbons (Fsp3) is 0.300. The lowest BCUT2D eigenvalue weighted by Crippen LogP contribution is -2.34. The van der Waals surface area contributed by atoms with E-state index in [1.807, 2.05) is 6.92 Å². The first-order chi connectivity index (χ1) is 6.74. The van der Waals surface area contributed by atoms with E-state index in [-0.39, 0.29) is 5.82 Å². The highest BCUT2D eigenvalue weighted by Gasteiger charge is 2.00. The average molecular weight is 212 g/mol. The number of halogens is 1. The molecule has 0 atom stereocenters. The second-order valence-corrected chi connectivity index (χ2v) is 3.21. The standard InChI is InChI=1S/C10H13FN2S/c1-2-12-10(14)13-7-8-5-3-4-6-9(8)11/h3-6H,2,7H2,1H3,(H2,12,13,14). The van der Waals surface area contributed by atoms with Crippen LogP contribution in [0.5, 0.6) is 0 Å². The maximum Gasteiger partial charge on any atom is 0.166 e. The van der Waals surface area contributed by atoms with Gasteiger partial charge in [-0.3, -0.25) is 0 Å². The van der Waals surface area contributed by atoms with E-state index in [0.717, 1.165) is 6.54 Å². The van der Waals surface area contributed by atoms with Crippen LogP contribution in [0.2, 0.25) is 0 Å². The van der Waals surface area contributed by atoms with Crippen LogP contribution in [-0.2, 0) is 6.54 Å². The van der Waals surface area contributed by atoms with Crippen LogP contribution in [0.3, 0.4) is 0 Å². The minimum absolute atomic E-state index is 0.209. The van der Waals surface area contributed by atoms with Gasteiger partial charge in [-0.05, 0) is 25.2 Å². The lowest BCUT2D eigenvalue weighted by molar-refractivity contribution is 0.605. The molecule has 0 fully saturated rings. The highest BCUT2D eigenvalue weighted by atomic mass is 32.1. The van der Waals surface area contributed by atoms with Crippen molar-refractivity contribution in [2.24, 2.45) is 0 Å². The smallest absolute Gasteiger partial charge is 0.166 e. The van der Waals surface area contributed by atoms with Crippen molar-refractivity contribution in [3.8, 4) is 0 Å². The summed E-state index contributed by atoms with van der Waals surface area (Å²) in [5, 5.41) is 6.41. The molecule has 14 heavy (non-hydrogen) atoms. The lowest BCUT2D eigenvalue weighted by Gasteiger charge is -2.08. The Labute approximate surface area is 88.5 Å². The van der Waals surface area contributed by atoms with Gasteiger partial charge in [-0.25, -0.2) is 4.39 Å². The second kappa shape index (κ2) is 5.54.